The van der Waals surface area contributed by atoms with Crippen LogP contribution in [0.4, 0.5) is 4.79 Å². The van der Waals surface area contributed by atoms with Crippen LogP contribution >= 0.6 is 11.8 Å². The van der Waals surface area contributed by atoms with Crippen molar-refractivity contribution in [3.05, 3.63) is 65.7 Å². The third kappa shape index (κ3) is 5.09. The monoisotopic (exact) mass is 316 g/mol. The minimum absolute atomic E-state index is 0.259. The largest absolute Gasteiger partial charge is 0.341 e. The number of benzene rings is 2. The predicted octanol–water partition coefficient (Wildman–Crippen LogP) is 3.68. The van der Waals surface area contributed by atoms with Crippen LogP contribution in [0.3, 0.4) is 0 Å². The Balaban J connectivity index is 1.76. The second kappa shape index (κ2) is 8.46. The van der Waals surface area contributed by atoms with Crippen molar-refractivity contribution >= 4 is 17.8 Å². The summed E-state index contributed by atoms with van der Waals surface area (Å²) >= 11 is 1.70. The van der Waals surface area contributed by atoms with E-state index in [-0.39, 0.29) is 6.03 Å². The Morgan fingerprint density at radius 2 is 1.77 bits per heavy atom. The number of rotatable bonds is 6. The van der Waals surface area contributed by atoms with E-state index in [9.17, 15) is 4.79 Å². The van der Waals surface area contributed by atoms with Gasteiger partial charge >= 0.3 is 6.03 Å². The lowest BCUT2D eigenvalue weighted by Crippen LogP contribution is -2.36. The highest BCUT2D eigenvalue weighted by molar-refractivity contribution is 7.98. The van der Waals surface area contributed by atoms with Gasteiger partial charge in [-0.3, -0.25) is 4.84 Å². The summed E-state index contributed by atoms with van der Waals surface area (Å²) in [5, 5.41) is 0. The minimum atomic E-state index is -0.259. The molecule has 0 radical (unpaired) electrons. The van der Waals surface area contributed by atoms with Crippen molar-refractivity contribution < 1.29 is 9.63 Å². The van der Waals surface area contributed by atoms with Gasteiger partial charge in [0.05, 0.1) is 6.61 Å². The molecule has 2 rings (SSSR count). The first-order valence-electron chi connectivity index (χ1n) is 6.99. The van der Waals surface area contributed by atoms with Gasteiger partial charge in [0.25, 0.3) is 0 Å². The lowest BCUT2D eigenvalue weighted by atomic mass is 10.2. The molecule has 4 nitrogen and oxygen atoms in total. The van der Waals surface area contributed by atoms with Crippen molar-refractivity contribution in [2.24, 2.45) is 0 Å². The van der Waals surface area contributed by atoms with Crippen molar-refractivity contribution in [2.45, 2.75) is 18.0 Å². The summed E-state index contributed by atoms with van der Waals surface area (Å²) in [4.78, 5) is 20.0. The average Bonchev–Trinajstić information content (AvgIpc) is 2.56. The highest BCUT2D eigenvalue weighted by atomic mass is 32.2. The fourth-order valence-corrected chi connectivity index (χ4v) is 2.32. The molecule has 116 valence electrons. The fourth-order valence-electron chi connectivity index (χ4n) is 1.91. The van der Waals surface area contributed by atoms with Crippen LogP contribution in [0.2, 0.25) is 0 Å². The zero-order chi connectivity index (χ0) is 15.8. The van der Waals surface area contributed by atoms with Crippen molar-refractivity contribution in [1.29, 1.82) is 0 Å². The number of nitrogens with one attached hydrogen (secondary N) is 1. The Labute approximate surface area is 135 Å². The number of hydrogen-bond donors (Lipinski definition) is 1. The molecule has 2 aromatic rings. The lowest BCUT2D eigenvalue weighted by molar-refractivity contribution is 0.0382. The van der Waals surface area contributed by atoms with Crippen LogP contribution in [-0.4, -0.2) is 24.2 Å². The van der Waals surface area contributed by atoms with Gasteiger partial charge in [0, 0.05) is 18.5 Å². The van der Waals surface area contributed by atoms with E-state index in [1.165, 1.54) is 4.90 Å². The van der Waals surface area contributed by atoms with Crippen LogP contribution in [0.1, 0.15) is 11.1 Å². The molecule has 5 heteroatoms. The van der Waals surface area contributed by atoms with Gasteiger partial charge in [-0.15, -0.1) is 11.8 Å². The Hall–Kier alpha value is -1.98. The van der Waals surface area contributed by atoms with Gasteiger partial charge in [-0.1, -0.05) is 42.5 Å². The normalized spacial score (nSPS) is 10.3. The Bertz CT molecular complexity index is 587. The molecule has 0 atom stereocenters. The van der Waals surface area contributed by atoms with Crippen LogP contribution < -0.4 is 5.48 Å². The van der Waals surface area contributed by atoms with E-state index in [0.29, 0.717) is 13.2 Å². The molecule has 2 aromatic carbocycles. The summed E-state index contributed by atoms with van der Waals surface area (Å²) in [6.07, 6.45) is 2.04. The minimum Gasteiger partial charge on any atom is -0.322 e. The lowest BCUT2D eigenvalue weighted by Gasteiger charge is -2.18. The molecule has 0 aromatic heterocycles. The van der Waals surface area contributed by atoms with Gasteiger partial charge in [0.2, 0.25) is 0 Å². The van der Waals surface area contributed by atoms with Gasteiger partial charge in [-0.2, -0.15) is 0 Å². The van der Waals surface area contributed by atoms with E-state index in [1.807, 2.05) is 48.7 Å². The van der Waals surface area contributed by atoms with Crippen molar-refractivity contribution in [3.63, 3.8) is 0 Å². The van der Waals surface area contributed by atoms with E-state index in [1.54, 1.807) is 23.7 Å². The van der Waals surface area contributed by atoms with Gasteiger partial charge in [0.15, 0.2) is 0 Å². The summed E-state index contributed by atoms with van der Waals surface area (Å²) in [5.74, 6) is 0. The third-order valence-corrected chi connectivity index (χ3v) is 3.91. The Kier molecular flexibility index (Phi) is 6.30. The van der Waals surface area contributed by atoms with E-state index in [2.05, 4.69) is 17.6 Å². The van der Waals surface area contributed by atoms with E-state index in [0.717, 1.165) is 11.1 Å². The maximum atomic E-state index is 11.9. The zero-order valence-corrected chi connectivity index (χ0v) is 13.6. The van der Waals surface area contributed by atoms with Crippen LogP contribution in [0.5, 0.6) is 0 Å². The molecule has 0 saturated carbocycles. The summed E-state index contributed by atoms with van der Waals surface area (Å²) in [6.45, 7) is 0.887. The van der Waals surface area contributed by atoms with Crippen LogP contribution in [0.25, 0.3) is 0 Å². The third-order valence-electron chi connectivity index (χ3n) is 3.17. The molecule has 0 bridgehead atoms. The number of carbonyl (C=O) groups is 1. The molecule has 0 fully saturated rings. The Morgan fingerprint density at radius 3 is 2.41 bits per heavy atom. The first kappa shape index (κ1) is 16.4. The van der Waals surface area contributed by atoms with E-state index < -0.39 is 0 Å². The molecular formula is C17H20N2O2S. The quantitative estimate of drug-likeness (QED) is 0.653. The summed E-state index contributed by atoms with van der Waals surface area (Å²) in [5.41, 5.74) is 4.55. The van der Waals surface area contributed by atoms with Crippen LogP contribution in [0, 0.1) is 0 Å². The standard InChI is InChI=1S/C17H20N2O2S/c1-19(12-14-8-10-16(22-2)11-9-14)17(20)18-21-13-15-6-4-3-5-7-15/h3-11H,12-13H2,1-2H3,(H,18,20). The molecule has 0 unspecified atom stereocenters. The summed E-state index contributed by atoms with van der Waals surface area (Å²) in [6, 6.07) is 17.6. The number of nitrogens with zero attached hydrogens (tertiary/aromatic N) is 1. The molecule has 0 heterocycles. The first-order chi connectivity index (χ1) is 10.7. The zero-order valence-electron chi connectivity index (χ0n) is 12.8. The van der Waals surface area contributed by atoms with Crippen molar-refractivity contribution in [1.82, 2.24) is 10.4 Å². The van der Waals surface area contributed by atoms with Crippen LogP contribution in [0.15, 0.2) is 59.5 Å². The summed E-state index contributed by atoms with van der Waals surface area (Å²) in [7, 11) is 1.74. The van der Waals surface area contributed by atoms with Gasteiger partial charge in [0.1, 0.15) is 0 Å². The average molecular weight is 316 g/mol. The molecule has 0 aliphatic rings. The van der Waals surface area contributed by atoms with E-state index >= 15 is 0 Å². The molecule has 1 N–H and O–H groups in total. The van der Waals surface area contributed by atoms with Crippen molar-refractivity contribution in [3.8, 4) is 0 Å². The predicted molar refractivity (Wildman–Crippen MR) is 89.5 cm³/mol. The molecule has 22 heavy (non-hydrogen) atoms. The number of thioether (sulfide) groups is 1. The van der Waals surface area contributed by atoms with Crippen LogP contribution in [-0.2, 0) is 18.0 Å². The molecular weight excluding hydrogens is 296 g/mol. The highest BCUT2D eigenvalue weighted by Gasteiger charge is 2.09. The first-order valence-corrected chi connectivity index (χ1v) is 8.21. The van der Waals surface area contributed by atoms with E-state index in [4.69, 9.17) is 4.84 Å². The molecule has 2 amide bonds. The SMILES string of the molecule is CSc1ccc(CN(C)C(=O)NOCc2ccccc2)cc1. The van der Waals surface area contributed by atoms with Gasteiger partial charge in [-0.05, 0) is 29.5 Å². The maximum absolute atomic E-state index is 11.9. The molecule has 0 aliphatic heterocycles. The van der Waals surface area contributed by atoms with Gasteiger partial charge < -0.3 is 4.90 Å². The maximum Gasteiger partial charge on any atom is 0.341 e. The topological polar surface area (TPSA) is 41.6 Å². The number of urea groups is 1. The second-order valence-corrected chi connectivity index (χ2v) is 5.77. The second-order valence-electron chi connectivity index (χ2n) is 4.89. The number of hydrogen-bond acceptors (Lipinski definition) is 3. The molecule has 0 aliphatic carbocycles. The molecule has 0 saturated heterocycles. The van der Waals surface area contributed by atoms with Crippen molar-refractivity contribution in [2.75, 3.05) is 13.3 Å². The smallest absolute Gasteiger partial charge is 0.322 e. The fraction of sp³-hybridized carbons (Fsp3) is 0.235. The molecule has 0 spiro atoms. The highest BCUT2D eigenvalue weighted by Crippen LogP contribution is 2.15. The van der Waals surface area contributed by atoms with Gasteiger partial charge in [-0.25, -0.2) is 10.3 Å². The number of hydroxylamine groups is 1. The Morgan fingerprint density at radius 1 is 1.09 bits per heavy atom. The number of carbonyl (C=O) groups excluding carboxylic acids is 1. The number of amides is 2. The summed E-state index contributed by atoms with van der Waals surface area (Å²) < 4.78 is 0.